The van der Waals surface area contributed by atoms with Gasteiger partial charge in [0.25, 0.3) is 0 Å². The van der Waals surface area contributed by atoms with Gasteiger partial charge in [-0.3, -0.25) is 4.79 Å². The number of rotatable bonds is 3. The van der Waals surface area contributed by atoms with Gasteiger partial charge in [0, 0.05) is 25.9 Å². The van der Waals surface area contributed by atoms with Gasteiger partial charge in [-0.1, -0.05) is 6.08 Å². The third-order valence-corrected chi connectivity index (χ3v) is 4.52. The second-order valence-corrected chi connectivity index (χ2v) is 6.38. The van der Waals surface area contributed by atoms with Crippen molar-refractivity contribution < 1.29 is 9.18 Å². The first-order valence-electron chi connectivity index (χ1n) is 8.23. The number of hydrogen-bond acceptors (Lipinski definition) is 4. The van der Waals surface area contributed by atoms with Crippen LogP contribution in [0.2, 0.25) is 0 Å². The molecule has 0 bridgehead atoms. The molecular weight excluding hydrogens is 293 g/mol. The van der Waals surface area contributed by atoms with Gasteiger partial charge < -0.3 is 4.90 Å². The number of allylic oxidation sites excluding steroid dienone is 4. The molecular formula is C18H22FN3O. The molecule has 2 aliphatic rings. The van der Waals surface area contributed by atoms with Gasteiger partial charge in [0.2, 0.25) is 5.95 Å². The first-order valence-corrected chi connectivity index (χ1v) is 8.23. The maximum absolute atomic E-state index is 13.5. The fraction of sp³-hybridized carbons (Fsp3) is 0.500. The van der Waals surface area contributed by atoms with E-state index in [-0.39, 0.29) is 17.5 Å². The molecule has 0 spiro atoms. The molecule has 5 heteroatoms. The molecule has 0 N–H and O–H groups in total. The fourth-order valence-electron chi connectivity index (χ4n) is 3.10. The van der Waals surface area contributed by atoms with Gasteiger partial charge in [-0.25, -0.2) is 14.4 Å². The van der Waals surface area contributed by atoms with Crippen LogP contribution in [0.15, 0.2) is 29.6 Å². The normalized spacial score (nSPS) is 21.7. The maximum Gasteiger partial charge on any atom is 0.226 e. The minimum atomic E-state index is -0.168. The summed E-state index contributed by atoms with van der Waals surface area (Å²) in [7, 11) is 0. The van der Waals surface area contributed by atoms with Crippen molar-refractivity contribution in [2.45, 2.75) is 45.4 Å². The van der Waals surface area contributed by atoms with Crippen LogP contribution in [-0.4, -0.2) is 28.8 Å². The van der Waals surface area contributed by atoms with Gasteiger partial charge in [0.05, 0.1) is 5.69 Å². The summed E-state index contributed by atoms with van der Waals surface area (Å²) in [6.07, 6.45) is 7.40. The van der Waals surface area contributed by atoms with Crippen molar-refractivity contribution >= 4 is 11.7 Å². The maximum atomic E-state index is 13.5. The fourth-order valence-corrected chi connectivity index (χ4v) is 3.10. The third-order valence-electron chi connectivity index (χ3n) is 4.52. The van der Waals surface area contributed by atoms with Crippen molar-refractivity contribution in [1.29, 1.82) is 0 Å². The van der Waals surface area contributed by atoms with Crippen molar-refractivity contribution in [2.75, 3.05) is 18.0 Å². The van der Waals surface area contributed by atoms with Crippen LogP contribution in [-0.2, 0) is 0 Å². The lowest BCUT2D eigenvalue weighted by atomic mass is 9.91. The molecule has 1 aliphatic heterocycles. The molecule has 0 radical (unpaired) electrons. The summed E-state index contributed by atoms with van der Waals surface area (Å²) < 4.78 is 13.5. The van der Waals surface area contributed by atoms with Crippen LogP contribution in [0.5, 0.6) is 0 Å². The van der Waals surface area contributed by atoms with Gasteiger partial charge in [-0.05, 0) is 50.3 Å². The lowest BCUT2D eigenvalue weighted by Crippen LogP contribution is -2.31. The molecule has 4 nitrogen and oxygen atoms in total. The molecule has 0 amide bonds. The number of piperidine rings is 1. The molecule has 1 aromatic heterocycles. The Kier molecular flexibility index (Phi) is 4.55. The Bertz CT molecular complexity index is 675. The second-order valence-electron chi connectivity index (χ2n) is 6.38. The smallest absolute Gasteiger partial charge is 0.226 e. The molecule has 1 fully saturated rings. The summed E-state index contributed by atoms with van der Waals surface area (Å²) in [6.45, 7) is 5.17. The molecule has 1 aliphatic carbocycles. The predicted molar refractivity (Wildman–Crippen MR) is 88.4 cm³/mol. The summed E-state index contributed by atoms with van der Waals surface area (Å²) in [5.74, 6) is 0.399. The summed E-state index contributed by atoms with van der Waals surface area (Å²) in [5, 5.41) is 0. The highest BCUT2D eigenvalue weighted by atomic mass is 19.1. The van der Waals surface area contributed by atoms with E-state index in [9.17, 15) is 9.18 Å². The number of anilines is 1. The van der Waals surface area contributed by atoms with E-state index in [1.165, 1.54) is 19.4 Å². The summed E-state index contributed by atoms with van der Waals surface area (Å²) >= 11 is 0. The van der Waals surface area contributed by atoms with E-state index in [1.54, 1.807) is 13.0 Å². The van der Waals surface area contributed by atoms with E-state index in [1.807, 2.05) is 6.08 Å². The number of carbonyl (C=O) groups is 1. The van der Waals surface area contributed by atoms with E-state index in [0.29, 0.717) is 18.1 Å². The molecule has 0 saturated carbocycles. The summed E-state index contributed by atoms with van der Waals surface area (Å²) in [4.78, 5) is 23.1. The van der Waals surface area contributed by atoms with Gasteiger partial charge in [0.15, 0.2) is 5.78 Å². The number of hydrogen-bond donors (Lipinski definition) is 0. The predicted octanol–water partition coefficient (Wildman–Crippen LogP) is 3.96. The van der Waals surface area contributed by atoms with Crippen LogP contribution in [0.3, 0.4) is 0 Å². The van der Waals surface area contributed by atoms with E-state index >= 15 is 0 Å². The number of carbonyl (C=O) groups excluding carboxylic acids is 1. The lowest BCUT2D eigenvalue weighted by Gasteiger charge is -2.28. The number of halogens is 1. The quantitative estimate of drug-likeness (QED) is 0.792. The number of Topliss-reactive ketones (excluding diaryl/α,β-unsaturated/α-hetero) is 1. The zero-order valence-corrected chi connectivity index (χ0v) is 13.7. The molecule has 3 rings (SSSR count). The van der Waals surface area contributed by atoms with Crippen LogP contribution in [0.1, 0.15) is 61.6 Å². The average Bonchev–Trinajstić information content (AvgIpc) is 2.57. The van der Waals surface area contributed by atoms with E-state index < -0.39 is 0 Å². The van der Waals surface area contributed by atoms with Gasteiger partial charge in [-0.15, -0.1) is 0 Å². The van der Waals surface area contributed by atoms with Crippen LogP contribution >= 0.6 is 0 Å². The Morgan fingerprint density at radius 3 is 2.65 bits per heavy atom. The number of aromatic nitrogens is 2. The number of nitrogens with zero attached hydrogens (tertiary/aromatic N) is 3. The topological polar surface area (TPSA) is 46.1 Å². The first-order chi connectivity index (χ1) is 11.0. The van der Waals surface area contributed by atoms with Crippen LogP contribution in [0.25, 0.3) is 0 Å². The molecule has 2 heterocycles. The van der Waals surface area contributed by atoms with E-state index in [0.717, 1.165) is 37.2 Å². The highest BCUT2D eigenvalue weighted by Crippen LogP contribution is 2.32. The van der Waals surface area contributed by atoms with Gasteiger partial charge in [-0.2, -0.15) is 0 Å². The summed E-state index contributed by atoms with van der Waals surface area (Å²) in [5.41, 5.74) is 1.96. The molecule has 0 aromatic carbocycles. The standard InChI is InChI=1S/C18H22FN3O/c1-12-10-14(6-7-15(12)19)17-11-16(13(2)23)20-18(21-17)22-8-4-3-5-9-22/h6-7,11,14H,3-5,8-10H2,1-2H3. The zero-order chi connectivity index (χ0) is 16.4. The monoisotopic (exact) mass is 315 g/mol. The molecule has 122 valence electrons. The molecule has 23 heavy (non-hydrogen) atoms. The number of ketones is 1. The largest absolute Gasteiger partial charge is 0.341 e. The lowest BCUT2D eigenvalue weighted by molar-refractivity contribution is 0.101. The second kappa shape index (κ2) is 6.60. The van der Waals surface area contributed by atoms with E-state index in [2.05, 4.69) is 14.9 Å². The van der Waals surface area contributed by atoms with Crippen molar-refractivity contribution in [3.8, 4) is 0 Å². The van der Waals surface area contributed by atoms with Crippen LogP contribution in [0, 0.1) is 0 Å². The Labute approximate surface area is 136 Å². The first kappa shape index (κ1) is 15.8. The van der Waals surface area contributed by atoms with Crippen molar-refractivity contribution in [2.24, 2.45) is 0 Å². The molecule has 1 aromatic rings. The Morgan fingerprint density at radius 1 is 1.26 bits per heavy atom. The van der Waals surface area contributed by atoms with Crippen molar-refractivity contribution in [1.82, 2.24) is 9.97 Å². The highest BCUT2D eigenvalue weighted by molar-refractivity contribution is 5.92. The third kappa shape index (κ3) is 3.49. The van der Waals surface area contributed by atoms with Crippen LogP contribution in [0.4, 0.5) is 10.3 Å². The molecule has 1 atom stereocenters. The molecule has 1 saturated heterocycles. The SMILES string of the molecule is CC(=O)c1cc(C2C=CC(F)=C(C)C2)nc(N2CCCCC2)n1. The Morgan fingerprint density at radius 2 is 2.00 bits per heavy atom. The van der Waals surface area contributed by atoms with E-state index in [4.69, 9.17) is 0 Å². The van der Waals surface area contributed by atoms with Crippen LogP contribution < -0.4 is 4.90 Å². The Balaban J connectivity index is 1.95. The summed E-state index contributed by atoms with van der Waals surface area (Å²) in [6, 6.07) is 1.75. The Hall–Kier alpha value is -2.04. The highest BCUT2D eigenvalue weighted by Gasteiger charge is 2.22. The minimum absolute atomic E-state index is 0.000796. The van der Waals surface area contributed by atoms with Crippen molar-refractivity contribution in [3.63, 3.8) is 0 Å². The minimum Gasteiger partial charge on any atom is -0.341 e. The zero-order valence-electron chi connectivity index (χ0n) is 13.7. The van der Waals surface area contributed by atoms with Gasteiger partial charge >= 0.3 is 0 Å². The van der Waals surface area contributed by atoms with Crippen molar-refractivity contribution in [3.05, 3.63) is 41.0 Å². The van der Waals surface area contributed by atoms with Gasteiger partial charge in [0.1, 0.15) is 11.5 Å². The average molecular weight is 315 g/mol. The molecule has 1 unspecified atom stereocenters.